The molecular formula is C20H30IN5OS. The topological polar surface area (TPSA) is 51.2 Å². The van der Waals surface area contributed by atoms with Crippen molar-refractivity contribution in [1.29, 1.82) is 0 Å². The van der Waals surface area contributed by atoms with Crippen molar-refractivity contribution >= 4 is 52.9 Å². The van der Waals surface area contributed by atoms with Gasteiger partial charge in [0, 0.05) is 52.3 Å². The fraction of sp³-hybridized carbons (Fsp3) is 0.400. The Hall–Kier alpha value is -1.81. The summed E-state index contributed by atoms with van der Waals surface area (Å²) >= 11 is 1.70. The fourth-order valence-corrected chi connectivity index (χ4v) is 3.10. The van der Waals surface area contributed by atoms with Gasteiger partial charge in [0.2, 0.25) is 5.91 Å². The number of hydrogen-bond donors (Lipinski definition) is 1. The standard InChI is InChI=1S/C20H29N5OS.HI/c1-23(2)17-9-6-8-16(12-17)15-25(5)20(22-14-19(26)24(3)4)21-13-18-10-7-11-27-18;/h6-12H,13-15H2,1-5H3,(H,21,22);1H. The van der Waals surface area contributed by atoms with Crippen molar-refractivity contribution in [2.45, 2.75) is 13.1 Å². The van der Waals surface area contributed by atoms with E-state index in [1.807, 2.05) is 32.1 Å². The highest BCUT2D eigenvalue weighted by atomic mass is 127. The van der Waals surface area contributed by atoms with E-state index in [1.165, 1.54) is 10.4 Å². The Morgan fingerprint density at radius 3 is 2.46 bits per heavy atom. The molecule has 0 saturated carbocycles. The maximum absolute atomic E-state index is 11.9. The predicted molar refractivity (Wildman–Crippen MR) is 130 cm³/mol. The van der Waals surface area contributed by atoms with Crippen LogP contribution in [0.4, 0.5) is 5.69 Å². The lowest BCUT2D eigenvalue weighted by Crippen LogP contribution is -2.39. The van der Waals surface area contributed by atoms with Gasteiger partial charge < -0.3 is 20.0 Å². The van der Waals surface area contributed by atoms with E-state index >= 15 is 0 Å². The molecule has 0 unspecified atom stereocenters. The number of amides is 1. The van der Waals surface area contributed by atoms with E-state index in [9.17, 15) is 4.79 Å². The quantitative estimate of drug-likeness (QED) is 0.350. The van der Waals surface area contributed by atoms with Crippen molar-refractivity contribution < 1.29 is 4.79 Å². The minimum atomic E-state index is -0.0200. The number of rotatable bonds is 7. The second-order valence-electron chi connectivity index (χ2n) is 6.78. The van der Waals surface area contributed by atoms with Crippen LogP contribution in [0.25, 0.3) is 0 Å². The Labute approximate surface area is 189 Å². The third kappa shape index (κ3) is 7.67. The maximum atomic E-state index is 11.9. The van der Waals surface area contributed by atoms with Crippen LogP contribution in [0.5, 0.6) is 0 Å². The summed E-state index contributed by atoms with van der Waals surface area (Å²) < 4.78 is 0. The van der Waals surface area contributed by atoms with Crippen molar-refractivity contribution in [2.24, 2.45) is 4.99 Å². The van der Waals surface area contributed by atoms with Gasteiger partial charge in [-0.1, -0.05) is 18.2 Å². The molecule has 1 N–H and O–H groups in total. The summed E-state index contributed by atoms with van der Waals surface area (Å²) in [5, 5.41) is 5.43. The zero-order valence-corrected chi connectivity index (χ0v) is 20.3. The monoisotopic (exact) mass is 515 g/mol. The van der Waals surface area contributed by atoms with Crippen LogP contribution in [-0.4, -0.2) is 63.4 Å². The highest BCUT2D eigenvalue weighted by molar-refractivity contribution is 14.0. The summed E-state index contributed by atoms with van der Waals surface area (Å²) in [6.45, 7) is 1.52. The van der Waals surface area contributed by atoms with Crippen LogP contribution < -0.4 is 10.2 Å². The van der Waals surface area contributed by atoms with E-state index in [-0.39, 0.29) is 36.4 Å². The Morgan fingerprint density at radius 1 is 1.11 bits per heavy atom. The minimum Gasteiger partial charge on any atom is -0.378 e. The lowest BCUT2D eigenvalue weighted by molar-refractivity contribution is -0.127. The van der Waals surface area contributed by atoms with E-state index in [2.05, 4.69) is 50.9 Å². The average Bonchev–Trinajstić information content (AvgIpc) is 3.15. The fourth-order valence-electron chi connectivity index (χ4n) is 2.46. The minimum absolute atomic E-state index is 0. The van der Waals surface area contributed by atoms with Gasteiger partial charge in [-0.25, -0.2) is 4.99 Å². The number of nitrogens with one attached hydrogen (secondary N) is 1. The molecular weight excluding hydrogens is 485 g/mol. The molecule has 2 aromatic rings. The van der Waals surface area contributed by atoms with Gasteiger partial charge in [-0.05, 0) is 29.1 Å². The highest BCUT2D eigenvalue weighted by Gasteiger charge is 2.11. The molecule has 0 aliphatic carbocycles. The summed E-state index contributed by atoms with van der Waals surface area (Å²) in [5.41, 5.74) is 2.35. The zero-order valence-electron chi connectivity index (χ0n) is 17.2. The van der Waals surface area contributed by atoms with Crippen LogP contribution in [0.1, 0.15) is 10.4 Å². The molecule has 0 spiro atoms. The van der Waals surface area contributed by atoms with Gasteiger partial charge in [0.25, 0.3) is 0 Å². The van der Waals surface area contributed by atoms with Crippen molar-refractivity contribution in [3.63, 3.8) is 0 Å². The summed E-state index contributed by atoms with van der Waals surface area (Å²) in [4.78, 5) is 23.4. The number of aliphatic imine (C=N–C) groups is 1. The lowest BCUT2D eigenvalue weighted by Gasteiger charge is -2.23. The van der Waals surface area contributed by atoms with Crippen LogP contribution in [-0.2, 0) is 17.9 Å². The Balaban J connectivity index is 0.00000392. The molecule has 0 radical (unpaired) electrons. The molecule has 0 aliphatic rings. The predicted octanol–water partition coefficient (Wildman–Crippen LogP) is 3.10. The maximum Gasteiger partial charge on any atom is 0.243 e. The van der Waals surface area contributed by atoms with Crippen LogP contribution in [0.3, 0.4) is 0 Å². The number of nitrogens with zero attached hydrogens (tertiary/aromatic N) is 4. The van der Waals surface area contributed by atoms with Gasteiger partial charge in [0.05, 0.1) is 6.54 Å². The molecule has 0 fully saturated rings. The molecule has 1 heterocycles. The number of guanidine groups is 1. The number of hydrogen-bond acceptors (Lipinski definition) is 4. The first kappa shape index (κ1) is 24.2. The number of thiophene rings is 1. The second-order valence-corrected chi connectivity index (χ2v) is 7.81. The summed E-state index contributed by atoms with van der Waals surface area (Å²) in [7, 11) is 9.54. The molecule has 1 amide bonds. The second kappa shape index (κ2) is 11.9. The molecule has 28 heavy (non-hydrogen) atoms. The van der Waals surface area contributed by atoms with E-state index in [0.29, 0.717) is 19.0 Å². The molecule has 1 aromatic heterocycles. The molecule has 6 nitrogen and oxygen atoms in total. The first-order valence-corrected chi connectivity index (χ1v) is 9.73. The normalized spacial score (nSPS) is 10.8. The van der Waals surface area contributed by atoms with Gasteiger partial charge in [-0.3, -0.25) is 4.79 Å². The summed E-state index contributed by atoms with van der Waals surface area (Å²) in [6, 6.07) is 12.5. The van der Waals surface area contributed by atoms with Gasteiger partial charge in [-0.2, -0.15) is 0 Å². The van der Waals surface area contributed by atoms with Crippen LogP contribution >= 0.6 is 35.3 Å². The largest absolute Gasteiger partial charge is 0.378 e. The average molecular weight is 515 g/mol. The third-order valence-electron chi connectivity index (χ3n) is 4.07. The SMILES string of the molecule is CN(C)C(=O)CN=C(NCc1cccs1)N(C)Cc1cccc(N(C)C)c1.I. The molecule has 0 saturated heterocycles. The van der Waals surface area contributed by atoms with E-state index in [0.717, 1.165) is 5.69 Å². The number of carbonyl (C=O) groups excluding carboxylic acids is 1. The number of anilines is 1. The molecule has 8 heteroatoms. The first-order valence-electron chi connectivity index (χ1n) is 8.85. The highest BCUT2D eigenvalue weighted by Crippen LogP contribution is 2.15. The van der Waals surface area contributed by atoms with Crippen LogP contribution in [0, 0.1) is 0 Å². The zero-order chi connectivity index (χ0) is 19.8. The van der Waals surface area contributed by atoms with Crippen molar-refractivity contribution in [3.05, 3.63) is 52.2 Å². The summed E-state index contributed by atoms with van der Waals surface area (Å²) in [6.07, 6.45) is 0. The van der Waals surface area contributed by atoms with Gasteiger partial charge in [-0.15, -0.1) is 35.3 Å². The van der Waals surface area contributed by atoms with Crippen molar-refractivity contribution in [2.75, 3.05) is 46.7 Å². The third-order valence-corrected chi connectivity index (χ3v) is 4.95. The van der Waals surface area contributed by atoms with Crippen molar-refractivity contribution in [3.8, 4) is 0 Å². The Bertz CT molecular complexity index is 762. The van der Waals surface area contributed by atoms with Gasteiger partial charge >= 0.3 is 0 Å². The Morgan fingerprint density at radius 2 is 1.86 bits per heavy atom. The molecule has 0 aliphatic heterocycles. The molecule has 2 rings (SSSR count). The van der Waals surface area contributed by atoms with E-state index in [4.69, 9.17) is 0 Å². The Kier molecular flexibility index (Phi) is 10.3. The lowest BCUT2D eigenvalue weighted by atomic mass is 10.2. The van der Waals surface area contributed by atoms with Crippen LogP contribution in [0.2, 0.25) is 0 Å². The first-order chi connectivity index (χ1) is 12.9. The number of halogens is 1. The van der Waals surface area contributed by atoms with Gasteiger partial charge in [0.1, 0.15) is 6.54 Å². The van der Waals surface area contributed by atoms with Crippen LogP contribution in [0.15, 0.2) is 46.8 Å². The molecule has 1 aromatic carbocycles. The smallest absolute Gasteiger partial charge is 0.243 e. The molecule has 154 valence electrons. The van der Waals surface area contributed by atoms with Crippen molar-refractivity contribution in [1.82, 2.24) is 15.1 Å². The summed E-state index contributed by atoms with van der Waals surface area (Å²) in [5.74, 6) is 0.697. The number of carbonyl (C=O) groups is 1. The molecule has 0 bridgehead atoms. The van der Waals surface area contributed by atoms with E-state index < -0.39 is 0 Å². The van der Waals surface area contributed by atoms with E-state index in [1.54, 1.807) is 30.3 Å². The number of benzene rings is 1. The number of likely N-dealkylation sites (N-methyl/N-ethyl adjacent to an activating group) is 1. The van der Waals surface area contributed by atoms with Gasteiger partial charge in [0.15, 0.2) is 5.96 Å². The molecule has 0 atom stereocenters.